The first-order valence-corrected chi connectivity index (χ1v) is 5.81. The Labute approximate surface area is 108 Å². The molecule has 0 radical (unpaired) electrons. The third-order valence-corrected chi connectivity index (χ3v) is 2.95. The van der Waals surface area contributed by atoms with Crippen LogP contribution < -0.4 is 5.32 Å². The molecule has 0 aromatic heterocycles. The number of benzene rings is 1. The van der Waals surface area contributed by atoms with Crippen LogP contribution in [-0.2, 0) is 4.79 Å². The van der Waals surface area contributed by atoms with Crippen LogP contribution in [-0.4, -0.2) is 48.4 Å². The van der Waals surface area contributed by atoms with Crippen molar-refractivity contribution in [3.63, 3.8) is 0 Å². The van der Waals surface area contributed by atoms with Gasteiger partial charge >= 0.3 is 6.03 Å². The van der Waals surface area contributed by atoms with Crippen molar-refractivity contribution in [2.24, 2.45) is 0 Å². The smallest absolute Gasteiger partial charge is 0.322 e. The van der Waals surface area contributed by atoms with Crippen molar-refractivity contribution in [3.8, 4) is 0 Å². The highest BCUT2D eigenvalue weighted by molar-refractivity contribution is 5.89. The molecule has 1 aromatic carbocycles. The number of hydrogen-bond acceptors (Lipinski definition) is 2. The normalized spacial score (nSPS) is 15.3. The van der Waals surface area contributed by atoms with E-state index in [0.717, 1.165) is 12.1 Å². The zero-order valence-corrected chi connectivity index (χ0v) is 10.1. The van der Waals surface area contributed by atoms with E-state index in [2.05, 4.69) is 5.32 Å². The van der Waals surface area contributed by atoms with Gasteiger partial charge in [-0.15, -0.1) is 0 Å². The van der Waals surface area contributed by atoms with Gasteiger partial charge in [0.1, 0.15) is 17.3 Å². The zero-order valence-electron chi connectivity index (χ0n) is 10.1. The van der Waals surface area contributed by atoms with Gasteiger partial charge in [0.25, 0.3) is 0 Å². The van der Waals surface area contributed by atoms with Gasteiger partial charge in [0, 0.05) is 26.2 Å². The molecular weight excluding hydrogens is 256 g/mol. The van der Waals surface area contributed by atoms with Crippen molar-refractivity contribution in [2.45, 2.75) is 0 Å². The lowest BCUT2D eigenvalue weighted by Gasteiger charge is -2.32. The maximum atomic E-state index is 13.4. The summed E-state index contributed by atoms with van der Waals surface area (Å²) in [6.45, 7) is 1.49. The van der Waals surface area contributed by atoms with Gasteiger partial charge in [-0.05, 0) is 12.1 Å². The molecule has 0 unspecified atom stereocenters. The number of hydrogen-bond donors (Lipinski definition) is 1. The molecule has 19 heavy (non-hydrogen) atoms. The number of nitrogens with one attached hydrogen (secondary N) is 1. The minimum Gasteiger partial charge on any atom is -0.342 e. The highest BCUT2D eigenvalue weighted by Crippen LogP contribution is 2.18. The molecule has 1 aliphatic rings. The van der Waals surface area contributed by atoms with Gasteiger partial charge < -0.3 is 15.1 Å². The van der Waals surface area contributed by atoms with E-state index < -0.39 is 23.4 Å². The molecule has 2 rings (SSSR count). The monoisotopic (exact) mass is 269 g/mol. The van der Waals surface area contributed by atoms with Gasteiger partial charge in [-0.3, -0.25) is 4.79 Å². The van der Waals surface area contributed by atoms with Crippen molar-refractivity contribution in [1.29, 1.82) is 0 Å². The molecule has 1 fully saturated rings. The molecule has 0 atom stereocenters. The van der Waals surface area contributed by atoms with E-state index in [-0.39, 0.29) is 0 Å². The first-order valence-electron chi connectivity index (χ1n) is 5.81. The predicted octanol–water partition coefficient (Wildman–Crippen LogP) is 1.27. The molecule has 0 bridgehead atoms. The second-order valence-electron chi connectivity index (χ2n) is 4.16. The third kappa shape index (κ3) is 2.98. The molecule has 0 saturated carbocycles. The number of nitrogens with zero attached hydrogens (tertiary/aromatic N) is 2. The Morgan fingerprint density at radius 1 is 1.16 bits per heavy atom. The van der Waals surface area contributed by atoms with Crippen LogP contribution in [0, 0.1) is 11.6 Å². The zero-order chi connectivity index (χ0) is 13.8. The lowest BCUT2D eigenvalue weighted by molar-refractivity contribution is -0.119. The van der Waals surface area contributed by atoms with Crippen molar-refractivity contribution < 1.29 is 18.4 Å². The third-order valence-electron chi connectivity index (χ3n) is 2.95. The molecule has 1 aliphatic heterocycles. The van der Waals surface area contributed by atoms with E-state index in [9.17, 15) is 18.4 Å². The van der Waals surface area contributed by atoms with Crippen LogP contribution in [0.25, 0.3) is 0 Å². The van der Waals surface area contributed by atoms with Crippen molar-refractivity contribution in [3.05, 3.63) is 29.8 Å². The minimum atomic E-state index is -0.820. The van der Waals surface area contributed by atoms with E-state index in [1.165, 1.54) is 15.9 Å². The van der Waals surface area contributed by atoms with Gasteiger partial charge in [0.15, 0.2) is 0 Å². The Kier molecular flexibility index (Phi) is 3.94. The first kappa shape index (κ1) is 13.3. The Bertz CT molecular complexity index is 468. The summed E-state index contributed by atoms with van der Waals surface area (Å²) >= 11 is 0. The molecule has 0 aliphatic carbocycles. The van der Waals surface area contributed by atoms with Gasteiger partial charge in [-0.1, -0.05) is 6.07 Å². The summed E-state index contributed by atoms with van der Waals surface area (Å²) in [6, 6.07) is 2.80. The first-order chi connectivity index (χ1) is 9.11. The van der Waals surface area contributed by atoms with E-state index in [4.69, 9.17) is 0 Å². The molecule has 1 N–H and O–H groups in total. The summed E-state index contributed by atoms with van der Waals surface area (Å²) in [4.78, 5) is 25.3. The van der Waals surface area contributed by atoms with Gasteiger partial charge in [0.05, 0.1) is 0 Å². The number of halogens is 2. The van der Waals surface area contributed by atoms with Crippen molar-refractivity contribution in [2.75, 3.05) is 31.5 Å². The molecule has 7 heteroatoms. The number of rotatable bonds is 2. The average molecular weight is 269 g/mol. The van der Waals surface area contributed by atoms with E-state index in [0.29, 0.717) is 32.6 Å². The standard InChI is InChI=1S/C12H13F2N3O2/c13-9-2-1-3-10(14)11(9)15-12(19)17-6-4-16(8-18)5-7-17/h1-3,8H,4-7H2,(H,15,19). The Balaban J connectivity index is 2.00. The highest BCUT2D eigenvalue weighted by atomic mass is 19.1. The molecule has 1 aromatic rings. The molecule has 5 nitrogen and oxygen atoms in total. The van der Waals surface area contributed by atoms with Crippen LogP contribution in [0.1, 0.15) is 0 Å². The summed E-state index contributed by atoms with van der Waals surface area (Å²) in [6.07, 6.45) is 0.714. The second-order valence-corrected chi connectivity index (χ2v) is 4.16. The molecular formula is C12H13F2N3O2. The van der Waals surface area contributed by atoms with Gasteiger partial charge in [-0.25, -0.2) is 13.6 Å². The van der Waals surface area contributed by atoms with Gasteiger partial charge in [-0.2, -0.15) is 0 Å². The summed E-state index contributed by atoms with van der Waals surface area (Å²) < 4.78 is 26.7. The van der Waals surface area contributed by atoms with Crippen molar-refractivity contribution >= 4 is 18.1 Å². The van der Waals surface area contributed by atoms with Crippen LogP contribution in [0.15, 0.2) is 18.2 Å². The maximum Gasteiger partial charge on any atom is 0.322 e. The summed E-state index contributed by atoms with van der Waals surface area (Å²) in [5.74, 6) is -1.64. The molecule has 0 spiro atoms. The minimum absolute atomic E-state index is 0.334. The fraction of sp³-hybridized carbons (Fsp3) is 0.333. The SMILES string of the molecule is O=CN1CCN(C(=O)Nc2c(F)cccc2F)CC1. The van der Waals surface area contributed by atoms with E-state index in [1.807, 2.05) is 0 Å². The number of piperazine rings is 1. The number of carbonyl (C=O) groups excluding carboxylic acids is 2. The lowest BCUT2D eigenvalue weighted by atomic mass is 10.3. The number of para-hydroxylation sites is 1. The summed E-state index contributed by atoms with van der Waals surface area (Å²) in [5.41, 5.74) is -0.453. The van der Waals surface area contributed by atoms with E-state index >= 15 is 0 Å². The molecule has 1 saturated heterocycles. The fourth-order valence-corrected chi connectivity index (χ4v) is 1.83. The Morgan fingerprint density at radius 3 is 2.26 bits per heavy atom. The topological polar surface area (TPSA) is 52.7 Å². The molecule has 102 valence electrons. The number of carbonyl (C=O) groups is 2. The fourth-order valence-electron chi connectivity index (χ4n) is 1.83. The lowest BCUT2D eigenvalue weighted by Crippen LogP contribution is -2.49. The van der Waals surface area contributed by atoms with Crippen LogP contribution in [0.3, 0.4) is 0 Å². The van der Waals surface area contributed by atoms with Crippen LogP contribution in [0.4, 0.5) is 19.3 Å². The van der Waals surface area contributed by atoms with E-state index in [1.54, 1.807) is 0 Å². The Morgan fingerprint density at radius 2 is 1.74 bits per heavy atom. The van der Waals surface area contributed by atoms with Gasteiger partial charge in [0.2, 0.25) is 6.41 Å². The highest BCUT2D eigenvalue weighted by Gasteiger charge is 2.21. The van der Waals surface area contributed by atoms with Crippen LogP contribution in [0.2, 0.25) is 0 Å². The average Bonchev–Trinajstić information content (AvgIpc) is 2.43. The summed E-state index contributed by atoms with van der Waals surface area (Å²) in [7, 11) is 0. The van der Waals surface area contributed by atoms with Crippen LogP contribution in [0.5, 0.6) is 0 Å². The van der Waals surface area contributed by atoms with Crippen molar-refractivity contribution in [1.82, 2.24) is 9.80 Å². The predicted molar refractivity (Wildman–Crippen MR) is 64.6 cm³/mol. The summed E-state index contributed by atoms with van der Waals surface area (Å²) in [5, 5.41) is 2.21. The quantitative estimate of drug-likeness (QED) is 0.822. The Hall–Kier alpha value is -2.18. The molecule has 1 heterocycles. The second kappa shape index (κ2) is 5.64. The molecule has 3 amide bonds. The maximum absolute atomic E-state index is 13.4. The number of anilines is 1. The number of urea groups is 1. The van der Waals surface area contributed by atoms with Crippen LogP contribution >= 0.6 is 0 Å². The largest absolute Gasteiger partial charge is 0.342 e. The number of amides is 3.